The highest BCUT2D eigenvalue weighted by atomic mass is 15.2. The molecule has 0 amide bonds. The molecule has 6 heteroatoms. The van der Waals surface area contributed by atoms with Gasteiger partial charge in [-0.3, -0.25) is 9.13 Å². The van der Waals surface area contributed by atoms with Gasteiger partial charge in [-0.15, -0.1) is 0 Å². The molecule has 6 nitrogen and oxygen atoms in total. The number of hydrogen-bond donors (Lipinski definition) is 0. The number of benzene rings is 9. The fourth-order valence-electron chi connectivity index (χ4n) is 8.80. The van der Waals surface area contributed by atoms with Crippen molar-refractivity contribution in [2.24, 2.45) is 0 Å². The number of fused-ring (bicyclic) bond motifs is 11. The van der Waals surface area contributed by atoms with E-state index in [9.17, 15) is 0 Å². The van der Waals surface area contributed by atoms with Gasteiger partial charge in [0, 0.05) is 38.5 Å². The molecule has 270 valence electrons. The number of hydrogen-bond acceptors (Lipinski definition) is 4. The SMILES string of the molecule is c1ccc(-c2nc(-c3ccccc3)nc(-n3c4ccccc4c4c5c6ccccc6c6cc7nc(-c8ccccc8)n(-c8ccccc8)c7cc6c5ccc43)n2)cc1. The molecular weight excluding hydrogens is 709 g/mol. The molecule has 0 aliphatic rings. The van der Waals surface area contributed by atoms with E-state index < -0.39 is 0 Å². The third kappa shape index (κ3) is 4.92. The number of nitrogens with zero attached hydrogens (tertiary/aromatic N) is 6. The Bertz CT molecular complexity index is 3480. The van der Waals surface area contributed by atoms with Crippen LogP contribution in [0.25, 0.3) is 111 Å². The first-order valence-electron chi connectivity index (χ1n) is 19.5. The van der Waals surface area contributed by atoms with E-state index in [2.05, 4.69) is 143 Å². The zero-order valence-electron chi connectivity index (χ0n) is 31.2. The topological polar surface area (TPSA) is 61.4 Å². The first kappa shape index (κ1) is 32.3. The summed E-state index contributed by atoms with van der Waals surface area (Å²) in [5.74, 6) is 2.74. The van der Waals surface area contributed by atoms with Crippen molar-refractivity contribution in [3.05, 3.63) is 194 Å². The largest absolute Gasteiger partial charge is 0.292 e. The average molecular weight is 741 g/mol. The first-order chi connectivity index (χ1) is 28.8. The van der Waals surface area contributed by atoms with Crippen molar-refractivity contribution in [1.82, 2.24) is 29.1 Å². The predicted octanol–water partition coefficient (Wildman–Crippen LogP) is 12.8. The number of rotatable bonds is 5. The van der Waals surface area contributed by atoms with Gasteiger partial charge in [0.05, 0.1) is 22.1 Å². The smallest absolute Gasteiger partial charge is 0.238 e. The number of imidazole rings is 1. The Balaban J connectivity index is 1.20. The minimum absolute atomic E-state index is 0.574. The minimum Gasteiger partial charge on any atom is -0.292 e. The van der Waals surface area contributed by atoms with Crippen LogP contribution in [0.15, 0.2) is 194 Å². The molecule has 0 saturated heterocycles. The van der Waals surface area contributed by atoms with Crippen molar-refractivity contribution >= 4 is 65.2 Å². The Labute approximate surface area is 333 Å². The summed E-state index contributed by atoms with van der Waals surface area (Å²) in [7, 11) is 0. The van der Waals surface area contributed by atoms with Crippen LogP contribution in [-0.4, -0.2) is 29.1 Å². The molecule has 9 aromatic carbocycles. The van der Waals surface area contributed by atoms with Gasteiger partial charge in [0.25, 0.3) is 0 Å². The monoisotopic (exact) mass is 740 g/mol. The van der Waals surface area contributed by atoms with E-state index in [1.807, 2.05) is 60.7 Å². The van der Waals surface area contributed by atoms with Crippen molar-refractivity contribution in [1.29, 1.82) is 0 Å². The Morgan fingerprint density at radius 3 is 1.52 bits per heavy atom. The van der Waals surface area contributed by atoms with E-state index in [1.54, 1.807) is 0 Å². The van der Waals surface area contributed by atoms with E-state index in [-0.39, 0.29) is 0 Å². The average Bonchev–Trinajstić information content (AvgIpc) is 3.85. The molecule has 0 N–H and O–H groups in total. The van der Waals surface area contributed by atoms with E-state index in [1.165, 1.54) is 32.3 Å². The summed E-state index contributed by atoms with van der Waals surface area (Å²) < 4.78 is 4.51. The van der Waals surface area contributed by atoms with E-state index in [0.717, 1.165) is 61.0 Å². The lowest BCUT2D eigenvalue weighted by atomic mass is 9.91. The normalized spacial score (nSPS) is 11.8. The molecule has 0 fully saturated rings. The summed E-state index contributed by atoms with van der Waals surface area (Å²) in [4.78, 5) is 20.7. The van der Waals surface area contributed by atoms with Crippen LogP contribution in [0, 0.1) is 0 Å². The van der Waals surface area contributed by atoms with Crippen LogP contribution in [-0.2, 0) is 0 Å². The molecule has 0 radical (unpaired) electrons. The Morgan fingerprint density at radius 2 is 0.845 bits per heavy atom. The molecule has 0 aliphatic carbocycles. The third-order valence-electron chi connectivity index (χ3n) is 11.3. The predicted molar refractivity (Wildman–Crippen MR) is 238 cm³/mol. The maximum atomic E-state index is 5.32. The molecule has 0 unspecified atom stereocenters. The van der Waals surface area contributed by atoms with Crippen molar-refractivity contribution in [3.63, 3.8) is 0 Å². The Morgan fingerprint density at radius 1 is 0.310 bits per heavy atom. The zero-order chi connectivity index (χ0) is 38.2. The van der Waals surface area contributed by atoms with Gasteiger partial charge in [-0.05, 0) is 63.3 Å². The molecular formula is C52H32N6. The van der Waals surface area contributed by atoms with E-state index >= 15 is 0 Å². The highest BCUT2D eigenvalue weighted by Gasteiger charge is 2.23. The first-order valence-corrected chi connectivity index (χ1v) is 19.5. The van der Waals surface area contributed by atoms with Gasteiger partial charge in [0.1, 0.15) is 5.82 Å². The van der Waals surface area contributed by atoms with Gasteiger partial charge >= 0.3 is 0 Å². The molecule has 12 rings (SSSR count). The maximum absolute atomic E-state index is 5.32. The maximum Gasteiger partial charge on any atom is 0.238 e. The zero-order valence-corrected chi connectivity index (χ0v) is 31.2. The van der Waals surface area contributed by atoms with Crippen molar-refractivity contribution in [3.8, 4) is 45.8 Å². The lowest BCUT2D eigenvalue weighted by Crippen LogP contribution is -2.06. The number of aromatic nitrogens is 6. The van der Waals surface area contributed by atoms with Crippen LogP contribution >= 0.6 is 0 Å². The second-order valence-electron chi connectivity index (χ2n) is 14.7. The molecule has 0 aliphatic heterocycles. The third-order valence-corrected chi connectivity index (χ3v) is 11.3. The fourth-order valence-corrected chi connectivity index (χ4v) is 8.80. The summed E-state index contributed by atoms with van der Waals surface area (Å²) in [5.41, 5.74) is 8.08. The van der Waals surface area contributed by atoms with Gasteiger partial charge in [-0.2, -0.15) is 9.97 Å². The van der Waals surface area contributed by atoms with Crippen LogP contribution in [0.2, 0.25) is 0 Å². The molecule has 3 aromatic heterocycles. The fraction of sp³-hybridized carbons (Fsp3) is 0. The van der Waals surface area contributed by atoms with Crippen molar-refractivity contribution in [2.45, 2.75) is 0 Å². The molecule has 0 spiro atoms. The summed E-state index contributed by atoms with van der Waals surface area (Å²) in [6.07, 6.45) is 0. The second-order valence-corrected chi connectivity index (χ2v) is 14.7. The van der Waals surface area contributed by atoms with E-state index in [0.29, 0.717) is 17.6 Å². The summed E-state index contributed by atoms with van der Waals surface area (Å²) in [6.45, 7) is 0. The molecule has 0 atom stereocenters. The van der Waals surface area contributed by atoms with Gasteiger partial charge in [-0.25, -0.2) is 9.97 Å². The summed E-state index contributed by atoms with van der Waals surface area (Å²) in [6, 6.07) is 67.9. The van der Waals surface area contributed by atoms with Crippen LogP contribution in [0.4, 0.5) is 0 Å². The second kappa shape index (κ2) is 12.8. The summed E-state index contributed by atoms with van der Waals surface area (Å²) in [5, 5.41) is 9.40. The van der Waals surface area contributed by atoms with Gasteiger partial charge in [-0.1, -0.05) is 158 Å². The Kier molecular flexibility index (Phi) is 7.13. The molecule has 12 aromatic rings. The van der Waals surface area contributed by atoms with Gasteiger partial charge in [0.15, 0.2) is 11.6 Å². The van der Waals surface area contributed by atoms with Crippen molar-refractivity contribution < 1.29 is 0 Å². The highest BCUT2D eigenvalue weighted by molar-refractivity contribution is 6.36. The number of para-hydroxylation sites is 2. The van der Waals surface area contributed by atoms with Crippen LogP contribution in [0.3, 0.4) is 0 Å². The van der Waals surface area contributed by atoms with E-state index in [4.69, 9.17) is 19.9 Å². The lowest BCUT2D eigenvalue weighted by molar-refractivity contribution is 0.953. The van der Waals surface area contributed by atoms with Crippen LogP contribution < -0.4 is 0 Å². The van der Waals surface area contributed by atoms with Crippen molar-refractivity contribution in [2.75, 3.05) is 0 Å². The standard InChI is InChI=1S/C52H32N6/c1-5-17-33(18-6-1)49-54-50(34-19-7-2-8-20-34)56-52(55-49)58-44-28-16-15-27-40(44)48-45(58)30-29-39-42-32-46-43(31-41(42)37-25-13-14-26-38(37)47(39)48)53-51(35-21-9-3-10-22-35)57(46)36-23-11-4-12-24-36/h1-32H. The summed E-state index contributed by atoms with van der Waals surface area (Å²) >= 11 is 0. The van der Waals surface area contributed by atoms with Crippen LogP contribution in [0.5, 0.6) is 0 Å². The van der Waals surface area contributed by atoms with Gasteiger partial charge < -0.3 is 0 Å². The highest BCUT2D eigenvalue weighted by Crippen LogP contribution is 2.44. The quantitative estimate of drug-likeness (QED) is 0.165. The van der Waals surface area contributed by atoms with Gasteiger partial charge in [0.2, 0.25) is 5.95 Å². The Hall–Kier alpha value is -7.96. The lowest BCUT2D eigenvalue weighted by Gasteiger charge is -2.14. The molecule has 58 heavy (non-hydrogen) atoms. The van der Waals surface area contributed by atoms with Crippen LogP contribution in [0.1, 0.15) is 0 Å². The molecule has 0 bridgehead atoms. The molecule has 0 saturated carbocycles. The molecule has 3 heterocycles. The minimum atomic E-state index is 0.574.